The lowest BCUT2D eigenvalue weighted by Crippen LogP contribution is -2.23. The maximum atomic E-state index is 12.5. The Labute approximate surface area is 149 Å². The van der Waals surface area contributed by atoms with Gasteiger partial charge in [-0.05, 0) is 36.2 Å². The summed E-state index contributed by atoms with van der Waals surface area (Å²) in [6.45, 7) is -1.80. The molecule has 1 aliphatic rings. The summed E-state index contributed by atoms with van der Waals surface area (Å²) in [5, 5.41) is 2.68. The van der Waals surface area contributed by atoms with Gasteiger partial charge in [-0.2, -0.15) is 8.78 Å². The third-order valence-corrected chi connectivity index (χ3v) is 4.08. The Hall–Kier alpha value is -2.96. The van der Waals surface area contributed by atoms with Crippen LogP contribution in [-0.2, 0) is 11.3 Å². The molecular formula is C19H18F2N2O3. The van der Waals surface area contributed by atoms with E-state index in [4.69, 9.17) is 0 Å². The molecule has 0 aliphatic carbocycles. The van der Waals surface area contributed by atoms with E-state index in [-0.39, 0.29) is 17.2 Å². The van der Waals surface area contributed by atoms with Gasteiger partial charge in [-0.25, -0.2) is 0 Å². The highest BCUT2D eigenvalue weighted by molar-refractivity contribution is 6.06. The topological polar surface area (TPSA) is 58.6 Å². The highest BCUT2D eigenvalue weighted by Gasteiger charge is 2.20. The van der Waals surface area contributed by atoms with Gasteiger partial charge in [0.2, 0.25) is 5.91 Å². The molecule has 0 saturated carbocycles. The van der Waals surface area contributed by atoms with Crippen molar-refractivity contribution in [3.63, 3.8) is 0 Å². The molecule has 1 saturated heterocycles. The second-order valence-corrected chi connectivity index (χ2v) is 5.95. The monoisotopic (exact) mass is 360 g/mol. The largest absolute Gasteiger partial charge is 0.434 e. The molecule has 26 heavy (non-hydrogen) atoms. The minimum Gasteiger partial charge on any atom is -0.434 e. The number of hydrogen-bond acceptors (Lipinski definition) is 3. The third kappa shape index (κ3) is 4.36. The van der Waals surface area contributed by atoms with Gasteiger partial charge in [-0.3, -0.25) is 9.59 Å². The number of nitrogens with one attached hydrogen (secondary N) is 1. The van der Waals surface area contributed by atoms with Gasteiger partial charge < -0.3 is 15.0 Å². The van der Waals surface area contributed by atoms with E-state index in [1.54, 1.807) is 29.2 Å². The average Bonchev–Trinajstić information content (AvgIpc) is 3.00. The van der Waals surface area contributed by atoms with E-state index in [9.17, 15) is 18.4 Å². The van der Waals surface area contributed by atoms with Crippen LogP contribution in [0, 0.1) is 0 Å². The molecule has 1 aliphatic heterocycles. The fourth-order valence-electron chi connectivity index (χ4n) is 2.89. The van der Waals surface area contributed by atoms with E-state index in [1.807, 2.05) is 6.07 Å². The van der Waals surface area contributed by atoms with Gasteiger partial charge in [0.1, 0.15) is 5.75 Å². The van der Waals surface area contributed by atoms with Crippen LogP contribution in [0.3, 0.4) is 0 Å². The molecule has 0 aromatic heterocycles. The summed E-state index contributed by atoms with van der Waals surface area (Å²) in [6, 6.07) is 12.9. The van der Waals surface area contributed by atoms with Crippen LogP contribution in [0.4, 0.5) is 14.5 Å². The molecule has 2 aromatic rings. The van der Waals surface area contributed by atoms with Crippen molar-refractivity contribution in [1.29, 1.82) is 0 Å². The quantitative estimate of drug-likeness (QED) is 0.855. The predicted octanol–water partition coefficient (Wildman–Crippen LogP) is 3.66. The van der Waals surface area contributed by atoms with Crippen LogP contribution in [0.5, 0.6) is 5.75 Å². The first-order valence-electron chi connectivity index (χ1n) is 8.25. The molecular weight excluding hydrogens is 342 g/mol. The molecule has 1 fully saturated rings. The van der Waals surface area contributed by atoms with Gasteiger partial charge in [0.05, 0.1) is 5.56 Å². The third-order valence-electron chi connectivity index (χ3n) is 4.08. The number of para-hydroxylation sites is 1. The van der Waals surface area contributed by atoms with Crippen molar-refractivity contribution < 1.29 is 23.1 Å². The number of anilines is 1. The summed E-state index contributed by atoms with van der Waals surface area (Å²) < 4.78 is 29.4. The summed E-state index contributed by atoms with van der Waals surface area (Å²) in [6.07, 6.45) is 1.42. The number of benzene rings is 2. The molecule has 3 rings (SSSR count). The number of halogens is 2. The number of rotatable bonds is 6. The number of alkyl halides is 2. The summed E-state index contributed by atoms with van der Waals surface area (Å²) in [4.78, 5) is 25.9. The van der Waals surface area contributed by atoms with Gasteiger partial charge in [-0.1, -0.05) is 24.3 Å². The predicted molar refractivity (Wildman–Crippen MR) is 92.1 cm³/mol. The smallest absolute Gasteiger partial charge is 0.387 e. The van der Waals surface area contributed by atoms with Crippen molar-refractivity contribution in [3.8, 4) is 5.75 Å². The summed E-state index contributed by atoms with van der Waals surface area (Å²) in [7, 11) is 0. The lowest BCUT2D eigenvalue weighted by Gasteiger charge is -2.16. The van der Waals surface area contributed by atoms with E-state index in [2.05, 4.69) is 10.1 Å². The summed E-state index contributed by atoms with van der Waals surface area (Å²) >= 11 is 0. The van der Waals surface area contributed by atoms with E-state index in [0.29, 0.717) is 18.7 Å². The van der Waals surface area contributed by atoms with E-state index in [1.165, 1.54) is 18.2 Å². The molecule has 0 unspecified atom stereocenters. The van der Waals surface area contributed by atoms with Gasteiger partial charge >= 0.3 is 6.61 Å². The molecule has 5 nitrogen and oxygen atoms in total. The molecule has 1 heterocycles. The highest BCUT2D eigenvalue weighted by Crippen LogP contribution is 2.22. The molecule has 0 radical (unpaired) electrons. The Bertz CT molecular complexity index is 811. The zero-order valence-electron chi connectivity index (χ0n) is 14.0. The Morgan fingerprint density at radius 1 is 1.19 bits per heavy atom. The standard InChI is InChI=1S/C19H18F2N2O3/c20-19(21)26-16-8-2-1-7-15(16)18(25)22-14-6-3-5-13(11-14)12-23-10-4-9-17(23)24/h1-3,5-8,11,19H,4,9-10,12H2,(H,22,25). The summed E-state index contributed by atoms with van der Waals surface area (Å²) in [5.74, 6) is -0.605. The molecule has 0 spiro atoms. The molecule has 2 amide bonds. The highest BCUT2D eigenvalue weighted by atomic mass is 19.3. The Balaban J connectivity index is 1.72. The number of amides is 2. The van der Waals surface area contributed by atoms with Gasteiger partial charge in [0.15, 0.2) is 0 Å². The van der Waals surface area contributed by atoms with Crippen molar-refractivity contribution >= 4 is 17.5 Å². The molecule has 2 aromatic carbocycles. The first kappa shape index (κ1) is 17.8. The average molecular weight is 360 g/mol. The maximum absolute atomic E-state index is 12.5. The number of nitrogens with zero attached hydrogens (tertiary/aromatic N) is 1. The van der Waals surface area contributed by atoms with Gasteiger partial charge in [0.25, 0.3) is 5.91 Å². The molecule has 1 N–H and O–H groups in total. The number of carbonyl (C=O) groups is 2. The van der Waals surface area contributed by atoms with E-state index < -0.39 is 12.5 Å². The normalized spacial score (nSPS) is 14.0. The van der Waals surface area contributed by atoms with E-state index in [0.717, 1.165) is 18.5 Å². The Morgan fingerprint density at radius 3 is 2.73 bits per heavy atom. The zero-order chi connectivity index (χ0) is 18.5. The lowest BCUT2D eigenvalue weighted by molar-refractivity contribution is -0.128. The SMILES string of the molecule is O=C(Nc1cccc(CN2CCCC2=O)c1)c1ccccc1OC(F)F. The van der Waals surface area contributed by atoms with Crippen molar-refractivity contribution in [1.82, 2.24) is 4.90 Å². The number of ether oxygens (including phenoxy) is 1. The van der Waals surface area contributed by atoms with Crippen LogP contribution in [0.1, 0.15) is 28.8 Å². The van der Waals surface area contributed by atoms with E-state index >= 15 is 0 Å². The van der Waals surface area contributed by atoms with Crippen LogP contribution in [0.15, 0.2) is 48.5 Å². The lowest BCUT2D eigenvalue weighted by atomic mass is 10.1. The van der Waals surface area contributed by atoms with Crippen LogP contribution in [-0.4, -0.2) is 29.9 Å². The molecule has 7 heteroatoms. The number of likely N-dealkylation sites (tertiary alicyclic amines) is 1. The van der Waals surface area contributed by atoms with Crippen LogP contribution in [0.25, 0.3) is 0 Å². The Morgan fingerprint density at radius 2 is 2.00 bits per heavy atom. The van der Waals surface area contributed by atoms with Gasteiger partial charge in [-0.15, -0.1) is 0 Å². The van der Waals surface area contributed by atoms with Crippen molar-refractivity contribution in [2.45, 2.75) is 26.0 Å². The molecule has 0 bridgehead atoms. The summed E-state index contributed by atoms with van der Waals surface area (Å²) in [5.41, 5.74) is 1.43. The minimum absolute atomic E-state index is 0.0212. The molecule has 0 atom stereocenters. The fourth-order valence-corrected chi connectivity index (χ4v) is 2.89. The maximum Gasteiger partial charge on any atom is 0.387 e. The fraction of sp³-hybridized carbons (Fsp3) is 0.263. The van der Waals surface area contributed by atoms with Gasteiger partial charge in [0, 0.05) is 25.2 Å². The van der Waals surface area contributed by atoms with Crippen molar-refractivity contribution in [2.75, 3.05) is 11.9 Å². The van der Waals surface area contributed by atoms with Crippen molar-refractivity contribution in [2.24, 2.45) is 0 Å². The molecule has 136 valence electrons. The van der Waals surface area contributed by atoms with Crippen LogP contribution >= 0.6 is 0 Å². The van der Waals surface area contributed by atoms with Crippen LogP contribution in [0.2, 0.25) is 0 Å². The second-order valence-electron chi connectivity index (χ2n) is 5.95. The first-order chi connectivity index (χ1) is 12.5. The zero-order valence-corrected chi connectivity index (χ0v) is 14.0. The van der Waals surface area contributed by atoms with Crippen molar-refractivity contribution in [3.05, 3.63) is 59.7 Å². The number of hydrogen-bond donors (Lipinski definition) is 1. The Kier molecular flexibility index (Phi) is 5.46. The first-order valence-corrected chi connectivity index (χ1v) is 8.25. The second kappa shape index (κ2) is 7.95. The number of carbonyl (C=O) groups excluding carboxylic acids is 2. The van der Waals surface area contributed by atoms with Crippen LogP contribution < -0.4 is 10.1 Å². The minimum atomic E-state index is -3.01.